The largest absolute Gasteiger partial charge is 0.453 e. The number of ether oxygens (including phenoxy) is 1. The van der Waals surface area contributed by atoms with Gasteiger partial charge in [-0.15, -0.1) is 11.8 Å². The van der Waals surface area contributed by atoms with Gasteiger partial charge in [-0.2, -0.15) is 0 Å². The number of halogens is 1. The van der Waals surface area contributed by atoms with Gasteiger partial charge in [0.1, 0.15) is 5.25 Å². The number of ketones is 2. The molecule has 0 fully saturated rings. The maximum atomic E-state index is 12.7. The van der Waals surface area contributed by atoms with Gasteiger partial charge in [0, 0.05) is 21.2 Å². The van der Waals surface area contributed by atoms with Crippen molar-refractivity contribution in [2.75, 3.05) is 0 Å². The second-order valence-corrected chi connectivity index (χ2v) is 8.19. The van der Waals surface area contributed by atoms with Gasteiger partial charge in [0.15, 0.2) is 11.9 Å². The summed E-state index contributed by atoms with van der Waals surface area (Å²) >= 11 is 7.18. The lowest BCUT2D eigenvalue weighted by Gasteiger charge is -2.16. The molecule has 0 aliphatic heterocycles. The standard InChI is InChI=1S/C20H22ClNO4S/c1-10-17(12(3)23)11(2)22-18(10)19(24)13(4)26-20(25)14(5)27-16-8-6-15(21)7-9-16/h6-9,13-14,22H,1-5H3/t13-,14+/m1/s1. The van der Waals surface area contributed by atoms with Crippen LogP contribution in [0.5, 0.6) is 0 Å². The van der Waals surface area contributed by atoms with Gasteiger partial charge in [-0.1, -0.05) is 11.6 Å². The van der Waals surface area contributed by atoms with E-state index in [-0.39, 0.29) is 11.6 Å². The summed E-state index contributed by atoms with van der Waals surface area (Å²) in [6.07, 6.45) is -0.956. The van der Waals surface area contributed by atoms with Gasteiger partial charge in [-0.25, -0.2) is 0 Å². The van der Waals surface area contributed by atoms with Crippen molar-refractivity contribution < 1.29 is 19.1 Å². The van der Waals surface area contributed by atoms with Crippen molar-refractivity contribution in [3.63, 3.8) is 0 Å². The van der Waals surface area contributed by atoms with E-state index in [1.165, 1.54) is 25.6 Å². The Morgan fingerprint density at radius 3 is 2.22 bits per heavy atom. The zero-order chi connectivity index (χ0) is 20.3. The van der Waals surface area contributed by atoms with Gasteiger partial charge >= 0.3 is 5.97 Å². The van der Waals surface area contributed by atoms with E-state index < -0.39 is 17.3 Å². The van der Waals surface area contributed by atoms with E-state index >= 15 is 0 Å². The fraction of sp³-hybridized carbons (Fsp3) is 0.350. The molecule has 2 atom stereocenters. The molecular formula is C20H22ClNO4S. The zero-order valence-electron chi connectivity index (χ0n) is 15.9. The number of hydrogen-bond donors (Lipinski definition) is 1. The Morgan fingerprint density at radius 1 is 1.11 bits per heavy atom. The first-order valence-corrected chi connectivity index (χ1v) is 9.74. The molecule has 0 unspecified atom stereocenters. The number of rotatable bonds is 7. The van der Waals surface area contributed by atoms with Crippen LogP contribution in [-0.2, 0) is 9.53 Å². The van der Waals surface area contributed by atoms with Crippen LogP contribution in [0.3, 0.4) is 0 Å². The molecule has 144 valence electrons. The van der Waals surface area contributed by atoms with Crippen LogP contribution in [0, 0.1) is 13.8 Å². The van der Waals surface area contributed by atoms with Crippen molar-refractivity contribution in [3.8, 4) is 0 Å². The highest BCUT2D eigenvalue weighted by atomic mass is 35.5. The van der Waals surface area contributed by atoms with Gasteiger partial charge in [0.2, 0.25) is 5.78 Å². The molecule has 0 saturated carbocycles. The number of nitrogens with one attached hydrogen (secondary N) is 1. The van der Waals surface area contributed by atoms with E-state index in [1.807, 2.05) is 12.1 Å². The minimum atomic E-state index is -0.956. The van der Waals surface area contributed by atoms with E-state index in [1.54, 1.807) is 32.9 Å². The summed E-state index contributed by atoms with van der Waals surface area (Å²) in [6, 6.07) is 7.13. The zero-order valence-corrected chi connectivity index (χ0v) is 17.5. The summed E-state index contributed by atoms with van der Waals surface area (Å²) in [5.41, 5.74) is 2.02. The van der Waals surface area contributed by atoms with Crippen molar-refractivity contribution in [2.24, 2.45) is 0 Å². The molecule has 0 aliphatic carbocycles. The van der Waals surface area contributed by atoms with E-state index in [2.05, 4.69) is 4.98 Å². The molecule has 7 heteroatoms. The molecule has 0 aliphatic rings. The molecule has 1 heterocycles. The summed E-state index contributed by atoms with van der Waals surface area (Å²) in [7, 11) is 0. The summed E-state index contributed by atoms with van der Waals surface area (Å²) < 4.78 is 5.35. The molecule has 1 aromatic heterocycles. The Hall–Kier alpha value is -2.05. The first kappa shape index (κ1) is 21.3. The van der Waals surface area contributed by atoms with Crippen molar-refractivity contribution in [3.05, 3.63) is 51.8 Å². The molecule has 2 rings (SSSR count). The Labute approximate surface area is 167 Å². The minimum Gasteiger partial charge on any atom is -0.453 e. The van der Waals surface area contributed by atoms with Crippen LogP contribution in [0.25, 0.3) is 0 Å². The molecule has 0 saturated heterocycles. The molecule has 0 spiro atoms. The fourth-order valence-electron chi connectivity index (χ4n) is 2.82. The normalized spacial score (nSPS) is 13.1. The van der Waals surface area contributed by atoms with Crippen molar-refractivity contribution >= 4 is 40.9 Å². The molecule has 1 aromatic carbocycles. The lowest BCUT2D eigenvalue weighted by Crippen LogP contribution is -2.29. The minimum absolute atomic E-state index is 0.113. The van der Waals surface area contributed by atoms with Crippen LogP contribution in [0.2, 0.25) is 5.02 Å². The SMILES string of the molecule is CC(=O)c1c(C)[nH]c(C(=O)[C@@H](C)OC(=O)[C@H](C)Sc2ccc(Cl)cc2)c1C. The van der Waals surface area contributed by atoms with Crippen LogP contribution in [-0.4, -0.2) is 33.9 Å². The van der Waals surface area contributed by atoms with Crippen molar-refractivity contribution in [1.29, 1.82) is 0 Å². The molecule has 5 nitrogen and oxygen atoms in total. The quantitative estimate of drug-likeness (QED) is 0.406. The van der Waals surface area contributed by atoms with Crippen LogP contribution in [0.1, 0.15) is 52.9 Å². The van der Waals surface area contributed by atoms with E-state index in [0.29, 0.717) is 27.5 Å². The Bertz CT molecular complexity index is 873. The van der Waals surface area contributed by atoms with Crippen molar-refractivity contribution in [2.45, 2.75) is 50.9 Å². The lowest BCUT2D eigenvalue weighted by molar-refractivity contribution is -0.145. The van der Waals surface area contributed by atoms with Crippen LogP contribution in [0.4, 0.5) is 0 Å². The maximum absolute atomic E-state index is 12.7. The van der Waals surface area contributed by atoms with Crippen LogP contribution in [0.15, 0.2) is 29.2 Å². The predicted octanol–water partition coefficient (Wildman–Crippen LogP) is 4.78. The van der Waals surface area contributed by atoms with Gasteiger partial charge < -0.3 is 9.72 Å². The Kier molecular flexibility index (Phi) is 6.89. The third kappa shape index (κ3) is 5.02. The summed E-state index contributed by atoms with van der Waals surface area (Å²) in [5.74, 6) is -0.957. The molecule has 0 radical (unpaired) electrons. The Balaban J connectivity index is 2.05. The maximum Gasteiger partial charge on any atom is 0.319 e. The molecule has 2 aromatic rings. The topological polar surface area (TPSA) is 76.2 Å². The number of thioether (sulfide) groups is 1. The first-order chi connectivity index (χ1) is 12.6. The fourth-order valence-corrected chi connectivity index (χ4v) is 3.80. The average Bonchev–Trinajstić information content (AvgIpc) is 2.90. The number of aryl methyl sites for hydroxylation is 1. The van der Waals surface area contributed by atoms with Crippen molar-refractivity contribution in [1.82, 2.24) is 4.98 Å². The molecule has 0 bridgehead atoms. The highest BCUT2D eigenvalue weighted by molar-refractivity contribution is 8.00. The van der Waals surface area contributed by atoms with Crippen LogP contribution < -0.4 is 0 Å². The monoisotopic (exact) mass is 407 g/mol. The summed E-state index contributed by atoms with van der Waals surface area (Å²) in [4.78, 5) is 40.6. The average molecular weight is 408 g/mol. The van der Waals surface area contributed by atoms with Gasteiger partial charge in [0.05, 0.1) is 5.69 Å². The van der Waals surface area contributed by atoms with E-state index in [9.17, 15) is 14.4 Å². The number of aromatic nitrogens is 1. The number of esters is 1. The number of aromatic amines is 1. The molecule has 1 N–H and O–H groups in total. The highest BCUT2D eigenvalue weighted by Crippen LogP contribution is 2.26. The number of carbonyl (C=O) groups excluding carboxylic acids is 3. The van der Waals surface area contributed by atoms with Gasteiger partial charge in [0.25, 0.3) is 0 Å². The number of hydrogen-bond acceptors (Lipinski definition) is 5. The number of carbonyl (C=O) groups is 3. The lowest BCUT2D eigenvalue weighted by atomic mass is 10.0. The molecule has 27 heavy (non-hydrogen) atoms. The number of H-pyrrole nitrogens is 1. The smallest absolute Gasteiger partial charge is 0.319 e. The third-order valence-electron chi connectivity index (χ3n) is 4.16. The highest BCUT2D eigenvalue weighted by Gasteiger charge is 2.27. The molecule has 0 amide bonds. The second kappa shape index (κ2) is 8.76. The number of benzene rings is 1. The summed E-state index contributed by atoms with van der Waals surface area (Å²) in [6.45, 7) is 8.15. The molecular weight excluding hydrogens is 386 g/mol. The van der Waals surface area contributed by atoms with E-state index in [4.69, 9.17) is 16.3 Å². The summed E-state index contributed by atoms with van der Waals surface area (Å²) in [5, 5.41) is 0.135. The van der Waals surface area contributed by atoms with Gasteiger partial charge in [-0.3, -0.25) is 14.4 Å². The van der Waals surface area contributed by atoms with Crippen LogP contribution >= 0.6 is 23.4 Å². The van der Waals surface area contributed by atoms with E-state index in [0.717, 1.165) is 4.90 Å². The predicted molar refractivity (Wildman–Crippen MR) is 107 cm³/mol. The second-order valence-electron chi connectivity index (χ2n) is 6.34. The number of Topliss-reactive ketones (excluding diaryl/α,β-unsaturated/α-hetero) is 2. The third-order valence-corrected chi connectivity index (χ3v) is 5.50. The van der Waals surface area contributed by atoms with Gasteiger partial charge in [-0.05, 0) is 64.4 Å². The Morgan fingerprint density at radius 2 is 1.70 bits per heavy atom. The first-order valence-electron chi connectivity index (χ1n) is 8.48.